The molecule has 6 nitrogen and oxygen atoms in total. The number of piperazine rings is 1. The Bertz CT molecular complexity index is 1360. The third kappa shape index (κ3) is 4.12. The molecule has 0 unspecified atom stereocenters. The standard InChI is InChI=1S/C25H24ClN3O3S/c1-17-10-11-23-21(14-17)25(27-22-8-3-4-9-24(22)32-23)28-12-13-29(18(2)16-28)33(30,31)20-7-5-6-19(26)15-20/h3-11,14-15,18H,12-13,16H2,1-2H3/t18-/m0/s1. The number of aryl methyl sites for hydroxylation is 1. The van der Waals surface area contributed by atoms with Crippen LogP contribution in [0, 0.1) is 6.92 Å². The highest BCUT2D eigenvalue weighted by Gasteiger charge is 2.36. The van der Waals surface area contributed by atoms with Gasteiger partial charge < -0.3 is 9.64 Å². The fraction of sp³-hybridized carbons (Fsp3) is 0.240. The zero-order valence-electron chi connectivity index (χ0n) is 18.4. The Morgan fingerprint density at radius 3 is 2.61 bits per heavy atom. The van der Waals surface area contributed by atoms with E-state index in [1.165, 1.54) is 6.07 Å². The zero-order valence-corrected chi connectivity index (χ0v) is 20.0. The molecule has 3 aromatic carbocycles. The Morgan fingerprint density at radius 2 is 1.82 bits per heavy atom. The second-order valence-electron chi connectivity index (χ2n) is 8.37. The van der Waals surface area contributed by atoms with Gasteiger partial charge in [0.1, 0.15) is 17.3 Å². The Hall–Kier alpha value is -2.87. The number of hydrogen-bond acceptors (Lipinski definition) is 5. The van der Waals surface area contributed by atoms with E-state index in [9.17, 15) is 8.42 Å². The summed E-state index contributed by atoms with van der Waals surface area (Å²) in [6.45, 7) is 5.33. The first kappa shape index (κ1) is 21.9. The van der Waals surface area contributed by atoms with Crippen molar-refractivity contribution in [2.75, 3.05) is 19.6 Å². The smallest absolute Gasteiger partial charge is 0.243 e. The average Bonchev–Trinajstić information content (AvgIpc) is 2.95. The lowest BCUT2D eigenvalue weighted by Gasteiger charge is -2.40. The van der Waals surface area contributed by atoms with Gasteiger partial charge in [-0.2, -0.15) is 4.31 Å². The number of sulfonamides is 1. The minimum Gasteiger partial charge on any atom is -0.454 e. The van der Waals surface area contributed by atoms with Crippen LogP contribution in [-0.2, 0) is 10.0 Å². The Morgan fingerprint density at radius 1 is 1.00 bits per heavy atom. The van der Waals surface area contributed by atoms with Gasteiger partial charge in [0, 0.05) is 30.7 Å². The highest BCUT2D eigenvalue weighted by Crippen LogP contribution is 2.38. The summed E-state index contributed by atoms with van der Waals surface area (Å²) in [6.07, 6.45) is 0. The van der Waals surface area contributed by atoms with Crippen molar-refractivity contribution in [3.8, 4) is 11.5 Å². The number of nitrogens with zero attached hydrogens (tertiary/aromatic N) is 3. The molecule has 0 amide bonds. The number of halogens is 1. The number of para-hydroxylation sites is 2. The van der Waals surface area contributed by atoms with Crippen molar-refractivity contribution in [2.45, 2.75) is 24.8 Å². The first-order valence-corrected chi connectivity index (χ1v) is 12.6. The second kappa shape index (κ2) is 8.48. The lowest BCUT2D eigenvalue weighted by Crippen LogP contribution is -2.55. The van der Waals surface area contributed by atoms with Gasteiger partial charge >= 0.3 is 0 Å². The van der Waals surface area contributed by atoms with Gasteiger partial charge in [0.05, 0.1) is 10.5 Å². The van der Waals surface area contributed by atoms with Crippen LogP contribution in [0.3, 0.4) is 0 Å². The summed E-state index contributed by atoms with van der Waals surface area (Å²) in [5.74, 6) is 2.24. The van der Waals surface area contributed by atoms with Crippen LogP contribution in [0.5, 0.6) is 11.5 Å². The van der Waals surface area contributed by atoms with Gasteiger partial charge in [-0.3, -0.25) is 0 Å². The molecule has 8 heteroatoms. The van der Waals surface area contributed by atoms with Crippen molar-refractivity contribution in [2.24, 2.45) is 4.99 Å². The van der Waals surface area contributed by atoms with Crippen molar-refractivity contribution in [3.05, 3.63) is 82.9 Å². The molecule has 2 aliphatic rings. The summed E-state index contributed by atoms with van der Waals surface area (Å²) >= 11 is 6.05. The summed E-state index contributed by atoms with van der Waals surface area (Å²) in [5, 5.41) is 0.404. The van der Waals surface area contributed by atoms with E-state index < -0.39 is 10.0 Å². The van der Waals surface area contributed by atoms with E-state index in [1.807, 2.05) is 50.2 Å². The van der Waals surface area contributed by atoms with E-state index in [0.29, 0.717) is 30.4 Å². The topological polar surface area (TPSA) is 62.2 Å². The number of aliphatic imine (C=N–C) groups is 1. The molecule has 5 rings (SSSR count). The minimum atomic E-state index is -3.65. The normalized spacial score (nSPS) is 18.6. The van der Waals surface area contributed by atoms with Crippen molar-refractivity contribution >= 4 is 33.1 Å². The second-order valence-corrected chi connectivity index (χ2v) is 10.7. The van der Waals surface area contributed by atoms with E-state index in [0.717, 1.165) is 28.4 Å². The van der Waals surface area contributed by atoms with Gasteiger partial charge in [-0.15, -0.1) is 0 Å². The third-order valence-electron chi connectivity index (χ3n) is 5.96. The molecule has 0 radical (unpaired) electrons. The highest BCUT2D eigenvalue weighted by atomic mass is 35.5. The summed E-state index contributed by atoms with van der Waals surface area (Å²) in [4.78, 5) is 7.33. The third-order valence-corrected chi connectivity index (χ3v) is 8.20. The molecule has 2 heterocycles. The highest BCUT2D eigenvalue weighted by molar-refractivity contribution is 7.89. The number of rotatable bonds is 2. The largest absolute Gasteiger partial charge is 0.454 e. The van der Waals surface area contributed by atoms with Crippen LogP contribution in [0.2, 0.25) is 5.02 Å². The maximum atomic E-state index is 13.3. The molecule has 1 fully saturated rings. The van der Waals surface area contributed by atoms with Gasteiger partial charge in [-0.05, 0) is 56.3 Å². The monoisotopic (exact) mass is 481 g/mol. The summed E-state index contributed by atoms with van der Waals surface area (Å²) < 4.78 is 34.3. The molecule has 0 aromatic heterocycles. The van der Waals surface area contributed by atoms with Gasteiger partial charge in [0.15, 0.2) is 5.75 Å². The first-order valence-electron chi connectivity index (χ1n) is 10.8. The zero-order chi connectivity index (χ0) is 23.2. The van der Waals surface area contributed by atoms with E-state index in [1.54, 1.807) is 22.5 Å². The summed E-state index contributed by atoms with van der Waals surface area (Å²) in [7, 11) is -3.65. The van der Waals surface area contributed by atoms with Crippen LogP contribution in [0.25, 0.3) is 0 Å². The molecule has 1 atom stereocenters. The SMILES string of the molecule is Cc1ccc2c(c1)C(N1CCN(S(=O)(=O)c3cccc(Cl)c3)[C@@H](C)C1)=Nc1ccccc1O2. The fourth-order valence-corrected chi connectivity index (χ4v) is 6.25. The van der Waals surface area contributed by atoms with Crippen molar-refractivity contribution < 1.29 is 13.2 Å². The van der Waals surface area contributed by atoms with Crippen molar-refractivity contribution in [3.63, 3.8) is 0 Å². The number of hydrogen-bond donors (Lipinski definition) is 0. The molecule has 3 aromatic rings. The van der Waals surface area contributed by atoms with Crippen LogP contribution in [-0.4, -0.2) is 49.1 Å². The maximum Gasteiger partial charge on any atom is 0.243 e. The Labute approximate surface area is 199 Å². The minimum absolute atomic E-state index is 0.213. The van der Waals surface area contributed by atoms with Gasteiger partial charge in [-0.25, -0.2) is 13.4 Å². The molecule has 0 aliphatic carbocycles. The van der Waals surface area contributed by atoms with E-state index in [4.69, 9.17) is 21.3 Å². The first-order chi connectivity index (χ1) is 15.8. The maximum absolute atomic E-state index is 13.3. The van der Waals surface area contributed by atoms with Crippen molar-refractivity contribution in [1.82, 2.24) is 9.21 Å². The van der Waals surface area contributed by atoms with Crippen LogP contribution < -0.4 is 4.74 Å². The van der Waals surface area contributed by atoms with Gasteiger partial charge in [0.25, 0.3) is 0 Å². The Kier molecular flexibility index (Phi) is 5.64. The summed E-state index contributed by atoms with van der Waals surface area (Å²) in [5.41, 5.74) is 2.76. The Balaban J connectivity index is 1.49. The summed E-state index contributed by atoms with van der Waals surface area (Å²) in [6, 6.07) is 19.9. The van der Waals surface area contributed by atoms with E-state index in [-0.39, 0.29) is 10.9 Å². The molecule has 33 heavy (non-hydrogen) atoms. The van der Waals surface area contributed by atoms with E-state index in [2.05, 4.69) is 11.0 Å². The molecule has 0 bridgehead atoms. The van der Waals surface area contributed by atoms with Crippen molar-refractivity contribution in [1.29, 1.82) is 0 Å². The predicted molar refractivity (Wildman–Crippen MR) is 130 cm³/mol. The van der Waals surface area contributed by atoms with Crippen LogP contribution in [0.15, 0.2) is 76.6 Å². The molecule has 2 aliphatic heterocycles. The number of amidine groups is 1. The molecular weight excluding hydrogens is 458 g/mol. The lowest BCUT2D eigenvalue weighted by atomic mass is 10.1. The van der Waals surface area contributed by atoms with E-state index >= 15 is 0 Å². The van der Waals surface area contributed by atoms with Crippen LogP contribution in [0.4, 0.5) is 5.69 Å². The molecule has 1 saturated heterocycles. The lowest BCUT2D eigenvalue weighted by molar-refractivity contribution is 0.206. The predicted octanol–water partition coefficient (Wildman–Crippen LogP) is 5.23. The van der Waals surface area contributed by atoms with Gasteiger partial charge in [0.2, 0.25) is 10.0 Å². The quantitative estimate of drug-likeness (QED) is 0.503. The molecule has 0 N–H and O–H groups in total. The molecular formula is C25H24ClN3O3S. The van der Waals surface area contributed by atoms with Crippen LogP contribution in [0.1, 0.15) is 18.1 Å². The average molecular weight is 482 g/mol. The van der Waals surface area contributed by atoms with Gasteiger partial charge in [-0.1, -0.05) is 41.4 Å². The molecule has 0 spiro atoms. The van der Waals surface area contributed by atoms with Crippen LogP contribution >= 0.6 is 11.6 Å². The number of benzene rings is 3. The number of ether oxygens (including phenoxy) is 1. The molecule has 170 valence electrons. The number of fused-ring (bicyclic) bond motifs is 2. The molecule has 0 saturated carbocycles. The fourth-order valence-electron chi connectivity index (χ4n) is 4.33.